The zero-order chi connectivity index (χ0) is 29.0. The van der Waals surface area contributed by atoms with Gasteiger partial charge in [-0.25, -0.2) is 0 Å². The molecule has 3 heterocycles. The SMILES string of the molecule is [Cl][Ir+2].[c-]1c(-c2nccn2-c2ccccc2)cccc1-c1nccn1-c1ccccc1.[c-]1ccccc1-c1ccccn1. The van der Waals surface area contributed by atoms with Gasteiger partial charge in [0.25, 0.3) is 0 Å². The van der Waals surface area contributed by atoms with Gasteiger partial charge in [-0.2, -0.15) is 0 Å². The van der Waals surface area contributed by atoms with Crippen molar-refractivity contribution in [3.63, 3.8) is 0 Å². The second-order valence-corrected chi connectivity index (χ2v) is 8.88. The Balaban J connectivity index is 0.000000210. The molecule has 7 aromatic rings. The fraction of sp³-hybridized carbons (Fsp3) is 0. The summed E-state index contributed by atoms with van der Waals surface area (Å²) in [4.78, 5) is 13.4. The van der Waals surface area contributed by atoms with Gasteiger partial charge in [0, 0.05) is 42.4 Å². The zero-order valence-electron chi connectivity index (χ0n) is 22.4. The first-order valence-corrected chi connectivity index (χ1v) is 16.0. The van der Waals surface area contributed by atoms with Gasteiger partial charge in [-0.15, -0.1) is 60.2 Å². The Labute approximate surface area is 260 Å². The van der Waals surface area contributed by atoms with Crippen LogP contribution in [0, 0.1) is 12.1 Å². The van der Waals surface area contributed by atoms with Crippen LogP contribution in [0.1, 0.15) is 0 Å². The average molecular weight is 743 g/mol. The summed E-state index contributed by atoms with van der Waals surface area (Å²) in [5.41, 5.74) is 6.00. The largest absolute Gasteiger partial charge is 0.332 e. The van der Waals surface area contributed by atoms with E-state index < -0.39 is 0 Å². The minimum Gasteiger partial charge on any atom is -0.332 e. The van der Waals surface area contributed by atoms with Crippen molar-refractivity contribution in [1.29, 1.82) is 0 Å². The molecule has 3 aromatic heterocycles. The monoisotopic (exact) mass is 743 g/mol. The van der Waals surface area contributed by atoms with E-state index in [2.05, 4.69) is 70.1 Å². The van der Waals surface area contributed by atoms with Crippen LogP contribution in [-0.2, 0) is 17.9 Å². The van der Waals surface area contributed by atoms with Crippen molar-refractivity contribution in [3.8, 4) is 45.4 Å². The molecule has 4 aromatic carbocycles. The number of aromatic nitrogens is 5. The van der Waals surface area contributed by atoms with E-state index in [1.54, 1.807) is 6.20 Å². The van der Waals surface area contributed by atoms with E-state index in [0.29, 0.717) is 0 Å². The van der Waals surface area contributed by atoms with Gasteiger partial charge in [-0.1, -0.05) is 59.7 Å². The molecule has 0 saturated heterocycles. The molecule has 7 rings (SSSR count). The molecule has 0 saturated carbocycles. The van der Waals surface area contributed by atoms with Crippen LogP contribution in [0.5, 0.6) is 0 Å². The molecule has 0 bridgehead atoms. The summed E-state index contributed by atoms with van der Waals surface area (Å²) in [6.45, 7) is 0. The third kappa shape index (κ3) is 6.99. The molecule has 206 valence electrons. The maximum atomic E-state index is 4.64. The minimum absolute atomic E-state index is 0.853. The number of pyridine rings is 1. The molecule has 0 atom stereocenters. The van der Waals surface area contributed by atoms with E-state index in [4.69, 9.17) is 0 Å². The summed E-state index contributed by atoms with van der Waals surface area (Å²) >= 11 is 1.47. The second kappa shape index (κ2) is 14.9. The topological polar surface area (TPSA) is 48.5 Å². The van der Waals surface area contributed by atoms with Gasteiger partial charge in [0.2, 0.25) is 0 Å². The molecular weight excluding hydrogens is 718 g/mol. The summed E-state index contributed by atoms with van der Waals surface area (Å²) < 4.78 is 4.14. The first-order valence-electron chi connectivity index (χ1n) is 13.1. The minimum atomic E-state index is 0.853. The number of hydrogen-bond acceptors (Lipinski definition) is 3. The van der Waals surface area contributed by atoms with Gasteiger partial charge in [-0.3, -0.25) is 9.97 Å². The second-order valence-electron chi connectivity index (χ2n) is 8.88. The van der Waals surface area contributed by atoms with Crippen molar-refractivity contribution in [2.24, 2.45) is 0 Å². The van der Waals surface area contributed by atoms with Gasteiger partial charge < -0.3 is 14.1 Å². The molecule has 7 heteroatoms. The van der Waals surface area contributed by atoms with E-state index in [9.17, 15) is 0 Å². The van der Waals surface area contributed by atoms with Crippen molar-refractivity contribution < 1.29 is 17.9 Å². The number of hydrogen-bond donors (Lipinski definition) is 0. The van der Waals surface area contributed by atoms with Crippen LogP contribution in [0.4, 0.5) is 0 Å². The fourth-order valence-electron chi connectivity index (χ4n) is 4.40. The molecule has 5 nitrogen and oxygen atoms in total. The number of para-hydroxylation sites is 2. The van der Waals surface area contributed by atoms with Crippen LogP contribution in [-0.4, -0.2) is 24.1 Å². The van der Waals surface area contributed by atoms with Crippen molar-refractivity contribution >= 4 is 9.58 Å². The zero-order valence-corrected chi connectivity index (χ0v) is 25.5. The summed E-state index contributed by atoms with van der Waals surface area (Å²) in [7, 11) is 4.64. The van der Waals surface area contributed by atoms with E-state index in [1.807, 2.05) is 122 Å². The van der Waals surface area contributed by atoms with Gasteiger partial charge in [0.15, 0.2) is 0 Å². The van der Waals surface area contributed by atoms with E-state index >= 15 is 0 Å². The number of halogens is 1. The third-order valence-corrected chi connectivity index (χ3v) is 6.28. The van der Waals surface area contributed by atoms with E-state index in [1.165, 1.54) is 17.9 Å². The molecule has 0 radical (unpaired) electrons. The molecule has 42 heavy (non-hydrogen) atoms. The Morgan fingerprint density at radius 1 is 0.500 bits per heavy atom. The van der Waals surface area contributed by atoms with Gasteiger partial charge in [0.05, 0.1) is 11.6 Å². The maximum absolute atomic E-state index is 4.64. The molecule has 0 aliphatic rings. The van der Waals surface area contributed by atoms with Crippen molar-refractivity contribution in [2.75, 3.05) is 0 Å². The predicted molar refractivity (Wildman–Crippen MR) is 165 cm³/mol. The fourth-order valence-corrected chi connectivity index (χ4v) is 4.40. The van der Waals surface area contributed by atoms with Crippen LogP contribution < -0.4 is 0 Å². The van der Waals surface area contributed by atoms with Crippen LogP contribution in [0.2, 0.25) is 0 Å². The van der Waals surface area contributed by atoms with E-state index in [0.717, 1.165) is 45.4 Å². The Kier molecular flexibility index (Phi) is 10.2. The summed E-state index contributed by atoms with van der Waals surface area (Å²) in [5, 5.41) is 0. The van der Waals surface area contributed by atoms with Gasteiger partial charge >= 0.3 is 27.5 Å². The van der Waals surface area contributed by atoms with Crippen molar-refractivity contribution in [2.45, 2.75) is 0 Å². The Morgan fingerprint density at radius 2 is 1.02 bits per heavy atom. The van der Waals surface area contributed by atoms with Crippen LogP contribution in [0.15, 0.2) is 152 Å². The number of benzene rings is 4. The Bertz CT molecular complexity index is 1660. The molecule has 0 amide bonds. The Hall–Kier alpha value is -4.61. The molecule has 0 N–H and O–H groups in total. The molecule has 0 aliphatic carbocycles. The van der Waals surface area contributed by atoms with Crippen LogP contribution >= 0.6 is 9.58 Å². The molecule has 0 fully saturated rings. The first-order chi connectivity index (χ1) is 20.9. The number of nitrogens with zero attached hydrogens (tertiary/aromatic N) is 5. The normalized spacial score (nSPS) is 10.1. The number of rotatable bonds is 5. The summed E-state index contributed by atoms with van der Waals surface area (Å²) in [6.07, 6.45) is 9.35. The van der Waals surface area contributed by atoms with Gasteiger partial charge in [0.1, 0.15) is 0 Å². The standard InChI is InChI=1S/C24H17N4.C11H8N.ClH.Ir/c1-3-10-21(11-4-1)27-16-14-25-23(27)19-8-7-9-20(18-19)24-26-15-17-28(24)22-12-5-2-6-13-22;1-2-6-10(7-3-1)11-8-4-5-9-12-11;;/h1-17H;1-6,8-9H;1H;/q2*-1;;+3/p-1. The van der Waals surface area contributed by atoms with Gasteiger partial charge in [-0.05, 0) is 36.0 Å². The molecular formula is C35H25ClIrN5. The Morgan fingerprint density at radius 3 is 1.52 bits per heavy atom. The quantitative estimate of drug-likeness (QED) is 0.167. The van der Waals surface area contributed by atoms with Crippen LogP contribution in [0.3, 0.4) is 0 Å². The summed E-state index contributed by atoms with van der Waals surface area (Å²) in [5.74, 6) is 1.71. The molecule has 0 unspecified atom stereocenters. The maximum Gasteiger partial charge on any atom is 0.0774 e. The smallest absolute Gasteiger partial charge is 0.0774 e. The van der Waals surface area contributed by atoms with Crippen LogP contribution in [0.25, 0.3) is 45.4 Å². The molecule has 0 spiro atoms. The first kappa shape index (κ1) is 28.9. The van der Waals surface area contributed by atoms with Crippen molar-refractivity contribution in [3.05, 3.63) is 164 Å². The van der Waals surface area contributed by atoms with Crippen molar-refractivity contribution in [1.82, 2.24) is 24.1 Å². The average Bonchev–Trinajstić information content (AvgIpc) is 3.79. The predicted octanol–water partition coefficient (Wildman–Crippen LogP) is 8.43. The molecule has 0 aliphatic heterocycles. The third-order valence-electron chi connectivity index (χ3n) is 6.28. The summed E-state index contributed by atoms with van der Waals surface area (Å²) in [6, 6.07) is 46.8. The number of imidazole rings is 2. The van der Waals surface area contributed by atoms with E-state index in [-0.39, 0.29) is 0 Å².